The van der Waals surface area contributed by atoms with Crippen LogP contribution in [0, 0.1) is 0 Å². The van der Waals surface area contributed by atoms with Gasteiger partial charge in [0.05, 0.1) is 0 Å². The van der Waals surface area contributed by atoms with Gasteiger partial charge in [-0.25, -0.2) is 0 Å². The molecule has 0 amide bonds. The Balaban J connectivity index is 3.34. The predicted molar refractivity (Wildman–Crippen MR) is 40.3 cm³/mol. The van der Waals surface area contributed by atoms with E-state index in [2.05, 4.69) is 42.1 Å². The number of hydrogen-bond donors (Lipinski definition) is 1. The van der Waals surface area contributed by atoms with Gasteiger partial charge in [-0.1, -0.05) is 0 Å². The van der Waals surface area contributed by atoms with Gasteiger partial charge in [0.2, 0.25) is 5.43 Å². The second kappa shape index (κ2) is 2.62. The summed E-state index contributed by atoms with van der Waals surface area (Å²) in [5.41, 5.74) is -0.138. The minimum Gasteiger partial charge on any atom is -0.287 e. The fourth-order valence-corrected chi connectivity index (χ4v) is 0.864. The van der Waals surface area contributed by atoms with E-state index in [1.165, 1.54) is 6.07 Å². The fraction of sp³-hybridized carbons (Fsp3) is 0. The molecule has 0 saturated carbocycles. The number of nitrogens with zero attached hydrogens (tertiary/aromatic N) is 1. The summed E-state index contributed by atoms with van der Waals surface area (Å²) in [7, 11) is 0. The molecular weight excluding hydrogens is 252 g/mol. The van der Waals surface area contributed by atoms with Crippen LogP contribution in [0.2, 0.25) is 0 Å². The van der Waals surface area contributed by atoms with E-state index in [0.29, 0.717) is 9.21 Å². The molecule has 1 aromatic rings. The van der Waals surface area contributed by atoms with Crippen LogP contribution in [-0.2, 0) is 0 Å². The Hall–Kier alpha value is -0.160. The van der Waals surface area contributed by atoms with Crippen molar-refractivity contribution in [3.63, 3.8) is 0 Å². The highest BCUT2D eigenvalue weighted by atomic mass is 79.9. The van der Waals surface area contributed by atoms with E-state index in [4.69, 9.17) is 0 Å². The second-order valence-corrected chi connectivity index (χ2v) is 2.98. The first-order chi connectivity index (χ1) is 4.20. The van der Waals surface area contributed by atoms with Crippen LogP contribution in [0.1, 0.15) is 0 Å². The van der Waals surface area contributed by atoms with E-state index in [1.54, 1.807) is 0 Å². The van der Waals surface area contributed by atoms with E-state index >= 15 is 0 Å². The highest BCUT2D eigenvalue weighted by Crippen LogP contribution is 2.01. The maximum absolute atomic E-state index is 10.7. The minimum atomic E-state index is -0.138. The van der Waals surface area contributed by atoms with Gasteiger partial charge in [0.25, 0.3) is 0 Å². The first-order valence-electron chi connectivity index (χ1n) is 2.11. The van der Waals surface area contributed by atoms with Crippen LogP contribution in [0.15, 0.2) is 20.1 Å². The highest BCUT2D eigenvalue weighted by Gasteiger charge is 1.94. The van der Waals surface area contributed by atoms with Gasteiger partial charge in [0, 0.05) is 6.07 Å². The van der Waals surface area contributed by atoms with Gasteiger partial charge in [-0.05, 0) is 31.9 Å². The van der Waals surface area contributed by atoms with Gasteiger partial charge in [0.15, 0.2) is 4.60 Å². The smallest absolute Gasteiger partial charge is 0.215 e. The second-order valence-electron chi connectivity index (χ2n) is 1.37. The number of nitrogens with one attached hydrogen (secondary N) is 1. The number of aromatic nitrogens is 2. The zero-order valence-corrected chi connectivity index (χ0v) is 7.36. The van der Waals surface area contributed by atoms with Crippen LogP contribution < -0.4 is 5.43 Å². The molecule has 0 aliphatic heterocycles. The summed E-state index contributed by atoms with van der Waals surface area (Å²) in [5.74, 6) is 0. The lowest BCUT2D eigenvalue weighted by molar-refractivity contribution is 0.966. The van der Waals surface area contributed by atoms with Crippen LogP contribution in [0.3, 0.4) is 0 Å². The van der Waals surface area contributed by atoms with Crippen molar-refractivity contribution >= 4 is 31.9 Å². The zero-order valence-electron chi connectivity index (χ0n) is 4.19. The molecule has 9 heavy (non-hydrogen) atoms. The molecule has 5 heteroatoms. The normalized spacial score (nSPS) is 9.56. The Bertz CT molecular complexity index is 270. The van der Waals surface area contributed by atoms with Crippen molar-refractivity contribution in [2.24, 2.45) is 0 Å². The number of hydrogen-bond acceptors (Lipinski definition) is 2. The predicted octanol–water partition coefficient (Wildman–Crippen LogP) is 1.29. The molecule has 3 nitrogen and oxygen atoms in total. The van der Waals surface area contributed by atoms with Gasteiger partial charge >= 0.3 is 0 Å². The average molecular weight is 254 g/mol. The van der Waals surface area contributed by atoms with Gasteiger partial charge in [-0.2, -0.15) is 5.10 Å². The summed E-state index contributed by atoms with van der Waals surface area (Å²) in [4.78, 5) is 10.7. The molecule has 48 valence electrons. The molecule has 0 aliphatic carbocycles. The minimum absolute atomic E-state index is 0.138. The Kier molecular flexibility index (Phi) is 2.02. The van der Waals surface area contributed by atoms with Crippen molar-refractivity contribution in [3.05, 3.63) is 25.5 Å². The molecule has 0 radical (unpaired) electrons. The molecule has 1 rings (SSSR count). The van der Waals surface area contributed by atoms with Crippen molar-refractivity contribution in [1.82, 2.24) is 10.2 Å². The molecule has 0 aliphatic rings. The van der Waals surface area contributed by atoms with Gasteiger partial charge < -0.3 is 0 Å². The molecule has 0 aromatic carbocycles. The Morgan fingerprint density at radius 3 is 2.67 bits per heavy atom. The quantitative estimate of drug-likeness (QED) is 0.758. The molecule has 1 heterocycles. The number of H-pyrrole nitrogens is 1. The number of rotatable bonds is 0. The lowest BCUT2D eigenvalue weighted by Crippen LogP contribution is -2.03. The van der Waals surface area contributed by atoms with Crippen LogP contribution in [0.4, 0.5) is 0 Å². The molecule has 0 saturated heterocycles. The lowest BCUT2D eigenvalue weighted by Gasteiger charge is -1.87. The summed E-state index contributed by atoms with van der Waals surface area (Å²) in [5, 5.41) is 6.17. The number of halogens is 2. The van der Waals surface area contributed by atoms with Crippen LogP contribution in [0.25, 0.3) is 0 Å². The first kappa shape index (κ1) is 6.95. The molecule has 1 N–H and O–H groups in total. The van der Waals surface area contributed by atoms with E-state index in [1.807, 2.05) is 0 Å². The SMILES string of the molecule is O=c1cc(Br)[nH]nc1Br. The fourth-order valence-electron chi connectivity index (χ4n) is 0.365. The van der Waals surface area contributed by atoms with Crippen LogP contribution in [-0.4, -0.2) is 10.2 Å². The third-order valence-corrected chi connectivity index (χ3v) is 1.70. The maximum atomic E-state index is 10.7. The van der Waals surface area contributed by atoms with E-state index in [-0.39, 0.29) is 5.43 Å². The standard InChI is InChI=1S/C4H2Br2N2O/c5-3-1-2(9)4(6)8-7-3/h1H,(H,7,9). The van der Waals surface area contributed by atoms with E-state index < -0.39 is 0 Å². The summed E-state index contributed by atoms with van der Waals surface area (Å²) >= 11 is 6.01. The maximum Gasteiger partial charge on any atom is 0.215 e. The summed E-state index contributed by atoms with van der Waals surface area (Å²) in [6.07, 6.45) is 0. The van der Waals surface area contributed by atoms with E-state index in [9.17, 15) is 4.79 Å². The monoisotopic (exact) mass is 252 g/mol. The molecule has 0 bridgehead atoms. The summed E-state index contributed by atoms with van der Waals surface area (Å²) in [6, 6.07) is 1.40. The topological polar surface area (TPSA) is 45.8 Å². The Morgan fingerprint density at radius 2 is 2.22 bits per heavy atom. The van der Waals surface area contributed by atoms with E-state index in [0.717, 1.165) is 0 Å². The van der Waals surface area contributed by atoms with Crippen molar-refractivity contribution in [2.75, 3.05) is 0 Å². The van der Waals surface area contributed by atoms with Crippen molar-refractivity contribution in [2.45, 2.75) is 0 Å². The zero-order chi connectivity index (χ0) is 6.85. The largest absolute Gasteiger partial charge is 0.287 e. The Morgan fingerprint density at radius 1 is 1.56 bits per heavy atom. The summed E-state index contributed by atoms with van der Waals surface area (Å²) < 4.78 is 0.876. The van der Waals surface area contributed by atoms with Crippen molar-refractivity contribution in [3.8, 4) is 0 Å². The molecule has 1 aromatic heterocycles. The third kappa shape index (κ3) is 1.62. The number of aromatic amines is 1. The average Bonchev–Trinajstić information content (AvgIpc) is 1.80. The lowest BCUT2D eigenvalue weighted by atomic mass is 10.6. The van der Waals surface area contributed by atoms with Crippen molar-refractivity contribution in [1.29, 1.82) is 0 Å². The molecule has 0 fully saturated rings. The molecular formula is C4H2Br2N2O. The summed E-state index contributed by atoms with van der Waals surface area (Å²) in [6.45, 7) is 0. The van der Waals surface area contributed by atoms with Gasteiger partial charge in [0.1, 0.15) is 4.60 Å². The third-order valence-electron chi connectivity index (χ3n) is 0.722. The molecule has 0 atom stereocenters. The van der Waals surface area contributed by atoms with Crippen LogP contribution >= 0.6 is 31.9 Å². The first-order valence-corrected chi connectivity index (χ1v) is 3.69. The van der Waals surface area contributed by atoms with Gasteiger partial charge in [-0.3, -0.25) is 9.89 Å². The van der Waals surface area contributed by atoms with Crippen LogP contribution in [0.5, 0.6) is 0 Å². The van der Waals surface area contributed by atoms with Crippen molar-refractivity contribution < 1.29 is 0 Å². The molecule has 0 unspecified atom stereocenters. The molecule has 0 spiro atoms. The highest BCUT2D eigenvalue weighted by molar-refractivity contribution is 9.10. The Labute approximate surface area is 67.7 Å². The van der Waals surface area contributed by atoms with Gasteiger partial charge in [-0.15, -0.1) is 0 Å².